The van der Waals surface area contributed by atoms with Crippen molar-refractivity contribution < 1.29 is 4.74 Å². The highest BCUT2D eigenvalue weighted by atomic mass is 16.5. The lowest BCUT2D eigenvalue weighted by Gasteiger charge is -2.00. The van der Waals surface area contributed by atoms with Crippen LogP contribution in [0.15, 0.2) is 24.4 Å². The number of aromatic nitrogens is 1. The third-order valence-electron chi connectivity index (χ3n) is 2.39. The molecule has 102 valence electrons. The van der Waals surface area contributed by atoms with E-state index < -0.39 is 0 Å². The van der Waals surface area contributed by atoms with E-state index in [1.54, 1.807) is 7.11 Å². The monoisotopic (exact) mass is 250 g/mol. The highest BCUT2D eigenvalue weighted by Crippen LogP contribution is 2.23. The first-order valence-electron chi connectivity index (χ1n) is 6.69. The number of nitrogens with two attached hydrogens (primary N) is 1. The summed E-state index contributed by atoms with van der Waals surface area (Å²) in [5.41, 5.74) is 7.92. The number of rotatable bonds is 3. The van der Waals surface area contributed by atoms with Gasteiger partial charge in [-0.05, 0) is 36.7 Å². The molecule has 1 aromatic carbocycles. The van der Waals surface area contributed by atoms with E-state index in [4.69, 9.17) is 10.5 Å². The average molecular weight is 250 g/mol. The molecule has 0 amide bonds. The van der Waals surface area contributed by atoms with E-state index in [1.807, 2.05) is 52.1 Å². The number of fused-ring (bicyclic) bond motifs is 1. The van der Waals surface area contributed by atoms with Gasteiger partial charge in [-0.25, -0.2) is 0 Å². The molecule has 3 heteroatoms. The topological polar surface area (TPSA) is 51.0 Å². The van der Waals surface area contributed by atoms with Crippen LogP contribution in [-0.2, 0) is 6.42 Å². The van der Waals surface area contributed by atoms with Gasteiger partial charge in [-0.1, -0.05) is 27.7 Å². The maximum absolute atomic E-state index is 5.54. The molecular formula is C15H26N2O. The summed E-state index contributed by atoms with van der Waals surface area (Å²) in [4.78, 5) is 3.21. The van der Waals surface area contributed by atoms with Crippen LogP contribution >= 0.6 is 0 Å². The van der Waals surface area contributed by atoms with Crippen LogP contribution in [-0.4, -0.2) is 18.6 Å². The standard InChI is InChI=1S/C11H14N2O.2C2H6/c1-14-9-2-3-11-10(6-9)8(4-5-12)7-13-11;2*1-2/h2-3,6-7,13H,4-5,12H2,1H3;2*1-2H3. The van der Waals surface area contributed by atoms with E-state index in [-0.39, 0.29) is 0 Å². The normalized spacial score (nSPS) is 9.00. The SMILES string of the molecule is CC.CC.COc1ccc2[nH]cc(CCN)c2c1. The minimum absolute atomic E-state index is 0.671. The van der Waals surface area contributed by atoms with Crippen LogP contribution < -0.4 is 10.5 Å². The highest BCUT2D eigenvalue weighted by Gasteiger charge is 2.03. The first-order chi connectivity index (χ1) is 8.85. The Balaban J connectivity index is 0.000000659. The fraction of sp³-hybridized carbons (Fsp3) is 0.467. The number of hydrogen-bond donors (Lipinski definition) is 2. The maximum Gasteiger partial charge on any atom is 0.119 e. The van der Waals surface area contributed by atoms with Crippen molar-refractivity contribution in [1.29, 1.82) is 0 Å². The Labute approximate surface area is 110 Å². The zero-order chi connectivity index (χ0) is 14.0. The molecule has 0 aliphatic rings. The van der Waals surface area contributed by atoms with E-state index in [0.29, 0.717) is 6.54 Å². The summed E-state index contributed by atoms with van der Waals surface area (Å²) in [6, 6.07) is 6.01. The lowest BCUT2D eigenvalue weighted by molar-refractivity contribution is 0.415. The zero-order valence-electron chi connectivity index (χ0n) is 12.2. The molecule has 0 radical (unpaired) electrons. The fourth-order valence-electron chi connectivity index (χ4n) is 1.65. The second-order valence-corrected chi connectivity index (χ2v) is 3.26. The molecule has 0 fully saturated rings. The van der Waals surface area contributed by atoms with Gasteiger partial charge < -0.3 is 15.5 Å². The van der Waals surface area contributed by atoms with Gasteiger partial charge in [0.2, 0.25) is 0 Å². The molecule has 0 bridgehead atoms. The summed E-state index contributed by atoms with van der Waals surface area (Å²) in [5, 5.41) is 1.20. The van der Waals surface area contributed by atoms with Gasteiger partial charge in [-0.2, -0.15) is 0 Å². The zero-order valence-corrected chi connectivity index (χ0v) is 12.2. The number of methoxy groups -OCH3 is 1. The summed E-state index contributed by atoms with van der Waals surface area (Å²) in [6.45, 7) is 8.67. The molecule has 2 aromatic rings. The van der Waals surface area contributed by atoms with Gasteiger partial charge in [0.1, 0.15) is 5.75 Å². The van der Waals surface area contributed by atoms with Crippen LogP contribution in [0, 0.1) is 0 Å². The van der Waals surface area contributed by atoms with Gasteiger partial charge >= 0.3 is 0 Å². The van der Waals surface area contributed by atoms with Crippen molar-refractivity contribution in [2.45, 2.75) is 34.1 Å². The highest BCUT2D eigenvalue weighted by molar-refractivity contribution is 5.84. The second kappa shape index (κ2) is 9.54. The largest absolute Gasteiger partial charge is 0.497 e. The van der Waals surface area contributed by atoms with Crippen molar-refractivity contribution in [1.82, 2.24) is 4.98 Å². The molecule has 0 aliphatic heterocycles. The Morgan fingerprint density at radius 1 is 1.17 bits per heavy atom. The van der Waals surface area contributed by atoms with Crippen LogP contribution in [0.1, 0.15) is 33.3 Å². The van der Waals surface area contributed by atoms with Crippen molar-refractivity contribution >= 4 is 10.9 Å². The van der Waals surface area contributed by atoms with Crippen molar-refractivity contribution in [3.63, 3.8) is 0 Å². The van der Waals surface area contributed by atoms with E-state index in [0.717, 1.165) is 17.7 Å². The number of H-pyrrole nitrogens is 1. The summed E-state index contributed by atoms with van der Waals surface area (Å²) in [6.07, 6.45) is 2.91. The van der Waals surface area contributed by atoms with Gasteiger partial charge in [-0.15, -0.1) is 0 Å². The first kappa shape index (κ1) is 16.5. The summed E-state index contributed by atoms with van der Waals surface area (Å²) < 4.78 is 5.18. The fourth-order valence-corrected chi connectivity index (χ4v) is 1.65. The van der Waals surface area contributed by atoms with Crippen LogP contribution in [0.5, 0.6) is 5.75 Å². The quantitative estimate of drug-likeness (QED) is 0.872. The molecule has 3 N–H and O–H groups in total. The summed E-state index contributed by atoms with van der Waals surface area (Å²) in [5.74, 6) is 0.885. The maximum atomic E-state index is 5.54. The third-order valence-corrected chi connectivity index (χ3v) is 2.39. The molecule has 0 atom stereocenters. The Morgan fingerprint density at radius 2 is 1.83 bits per heavy atom. The van der Waals surface area contributed by atoms with Crippen molar-refractivity contribution in [3.05, 3.63) is 30.0 Å². The number of benzene rings is 1. The van der Waals surface area contributed by atoms with Crippen molar-refractivity contribution in [2.75, 3.05) is 13.7 Å². The molecule has 0 spiro atoms. The Morgan fingerprint density at radius 3 is 2.39 bits per heavy atom. The first-order valence-corrected chi connectivity index (χ1v) is 6.69. The van der Waals surface area contributed by atoms with E-state index in [9.17, 15) is 0 Å². The average Bonchev–Trinajstić information content (AvgIpc) is 2.86. The molecule has 0 saturated heterocycles. The molecule has 1 aromatic heterocycles. The lowest BCUT2D eigenvalue weighted by Crippen LogP contribution is -2.01. The minimum Gasteiger partial charge on any atom is -0.497 e. The van der Waals surface area contributed by atoms with Gasteiger partial charge in [-0.3, -0.25) is 0 Å². The van der Waals surface area contributed by atoms with Crippen LogP contribution in [0.25, 0.3) is 10.9 Å². The lowest BCUT2D eigenvalue weighted by atomic mass is 10.1. The summed E-state index contributed by atoms with van der Waals surface area (Å²) in [7, 11) is 1.68. The van der Waals surface area contributed by atoms with Crippen molar-refractivity contribution in [2.24, 2.45) is 5.73 Å². The predicted molar refractivity (Wildman–Crippen MR) is 80.3 cm³/mol. The Kier molecular flexibility index (Phi) is 8.76. The summed E-state index contributed by atoms with van der Waals surface area (Å²) >= 11 is 0. The van der Waals surface area contributed by atoms with Crippen molar-refractivity contribution in [3.8, 4) is 5.75 Å². The Bertz CT molecular complexity index is 435. The molecule has 0 saturated carbocycles. The van der Waals surface area contributed by atoms with Gasteiger partial charge in [0.15, 0.2) is 0 Å². The van der Waals surface area contributed by atoms with Gasteiger partial charge in [0, 0.05) is 17.1 Å². The molecule has 3 nitrogen and oxygen atoms in total. The van der Waals surface area contributed by atoms with Gasteiger partial charge in [0.25, 0.3) is 0 Å². The van der Waals surface area contributed by atoms with E-state index >= 15 is 0 Å². The number of aromatic amines is 1. The molecule has 2 rings (SSSR count). The number of ether oxygens (including phenoxy) is 1. The van der Waals surface area contributed by atoms with Crippen LogP contribution in [0.4, 0.5) is 0 Å². The number of hydrogen-bond acceptors (Lipinski definition) is 2. The van der Waals surface area contributed by atoms with Crippen LogP contribution in [0.2, 0.25) is 0 Å². The second-order valence-electron chi connectivity index (χ2n) is 3.26. The van der Waals surface area contributed by atoms with Crippen LogP contribution in [0.3, 0.4) is 0 Å². The predicted octanol–water partition coefficient (Wildman–Crippen LogP) is 3.73. The molecule has 1 heterocycles. The smallest absolute Gasteiger partial charge is 0.119 e. The molecule has 0 unspecified atom stereocenters. The van der Waals surface area contributed by atoms with Gasteiger partial charge in [0.05, 0.1) is 7.11 Å². The third kappa shape index (κ3) is 4.08. The number of nitrogens with one attached hydrogen (secondary N) is 1. The Hall–Kier alpha value is -1.48. The molecular weight excluding hydrogens is 224 g/mol. The van der Waals surface area contributed by atoms with E-state index in [1.165, 1.54) is 10.9 Å². The van der Waals surface area contributed by atoms with E-state index in [2.05, 4.69) is 4.98 Å². The molecule has 18 heavy (non-hydrogen) atoms. The molecule has 0 aliphatic carbocycles. The minimum atomic E-state index is 0.671.